The molecular formula is C12H19N5S. The average Bonchev–Trinajstić information content (AvgIpc) is 2.77. The Morgan fingerprint density at radius 2 is 2.22 bits per heavy atom. The maximum atomic E-state index is 4.64. The molecule has 0 unspecified atom stereocenters. The third kappa shape index (κ3) is 2.27. The van der Waals surface area contributed by atoms with Crippen LogP contribution in [-0.4, -0.2) is 32.4 Å². The quantitative estimate of drug-likeness (QED) is 0.898. The van der Waals surface area contributed by atoms with Crippen LogP contribution in [0.1, 0.15) is 49.9 Å². The fourth-order valence-corrected chi connectivity index (χ4v) is 3.00. The zero-order valence-electron chi connectivity index (χ0n) is 10.9. The number of fused-ring (bicyclic) bond motifs is 1. The molecule has 0 saturated heterocycles. The van der Waals surface area contributed by atoms with Gasteiger partial charge in [-0.15, -0.1) is 10.2 Å². The van der Waals surface area contributed by atoms with Crippen molar-refractivity contribution in [2.75, 3.05) is 6.54 Å². The van der Waals surface area contributed by atoms with E-state index in [2.05, 4.69) is 34.5 Å². The minimum atomic E-state index is 0.529. The Morgan fingerprint density at radius 1 is 1.39 bits per heavy atom. The zero-order valence-corrected chi connectivity index (χ0v) is 11.7. The van der Waals surface area contributed by atoms with E-state index >= 15 is 0 Å². The van der Waals surface area contributed by atoms with Gasteiger partial charge in [0.25, 0.3) is 0 Å². The summed E-state index contributed by atoms with van der Waals surface area (Å²) in [7, 11) is 0. The van der Waals surface area contributed by atoms with Gasteiger partial charge in [0.1, 0.15) is 5.01 Å². The SMILES string of the molecule is CC(C)NCCc1nn2c(C3CCC3)nnc2s1. The van der Waals surface area contributed by atoms with E-state index in [1.165, 1.54) is 19.3 Å². The van der Waals surface area contributed by atoms with Gasteiger partial charge in [0.15, 0.2) is 5.82 Å². The van der Waals surface area contributed by atoms with Gasteiger partial charge < -0.3 is 5.32 Å². The Morgan fingerprint density at radius 3 is 2.89 bits per heavy atom. The molecule has 18 heavy (non-hydrogen) atoms. The monoisotopic (exact) mass is 265 g/mol. The van der Waals surface area contributed by atoms with Gasteiger partial charge >= 0.3 is 0 Å². The van der Waals surface area contributed by atoms with Gasteiger partial charge in [-0.05, 0) is 12.8 Å². The maximum absolute atomic E-state index is 4.64. The predicted molar refractivity (Wildman–Crippen MR) is 72.1 cm³/mol. The molecule has 3 rings (SSSR count). The lowest BCUT2D eigenvalue weighted by Gasteiger charge is -2.22. The summed E-state index contributed by atoms with van der Waals surface area (Å²) in [5.74, 6) is 1.65. The first kappa shape index (κ1) is 12.0. The van der Waals surface area contributed by atoms with Crippen LogP contribution in [0.15, 0.2) is 0 Å². The molecule has 0 amide bonds. The standard InChI is InChI=1S/C12H19N5S/c1-8(2)13-7-6-10-16-17-11(9-4-3-5-9)14-15-12(17)18-10/h8-9,13H,3-7H2,1-2H3. The predicted octanol–water partition coefficient (Wildman–Crippen LogP) is 1.99. The highest BCUT2D eigenvalue weighted by Crippen LogP contribution is 2.35. The van der Waals surface area contributed by atoms with E-state index in [1.807, 2.05) is 4.52 Å². The molecule has 0 aliphatic heterocycles. The Kier molecular flexibility index (Phi) is 3.30. The molecule has 0 atom stereocenters. The molecule has 1 saturated carbocycles. The topological polar surface area (TPSA) is 55.1 Å². The first-order chi connectivity index (χ1) is 8.74. The largest absolute Gasteiger partial charge is 0.314 e. The number of aromatic nitrogens is 4. The summed E-state index contributed by atoms with van der Waals surface area (Å²) in [6, 6.07) is 0.529. The summed E-state index contributed by atoms with van der Waals surface area (Å²) < 4.78 is 1.96. The molecule has 1 aliphatic carbocycles. The van der Waals surface area contributed by atoms with Crippen LogP contribution in [0.25, 0.3) is 4.96 Å². The number of rotatable bonds is 5. The van der Waals surface area contributed by atoms with Gasteiger partial charge in [-0.25, -0.2) is 0 Å². The van der Waals surface area contributed by atoms with E-state index in [-0.39, 0.29) is 0 Å². The van der Waals surface area contributed by atoms with Crippen molar-refractivity contribution in [2.24, 2.45) is 0 Å². The summed E-state index contributed by atoms with van der Waals surface area (Å²) in [4.78, 5) is 0.941. The van der Waals surface area contributed by atoms with Crippen LogP contribution in [0.3, 0.4) is 0 Å². The van der Waals surface area contributed by atoms with Crippen molar-refractivity contribution in [2.45, 2.75) is 51.5 Å². The van der Waals surface area contributed by atoms with E-state index in [4.69, 9.17) is 0 Å². The second kappa shape index (κ2) is 4.93. The molecule has 2 aromatic rings. The lowest BCUT2D eigenvalue weighted by molar-refractivity contribution is 0.395. The minimum absolute atomic E-state index is 0.529. The van der Waals surface area contributed by atoms with Crippen LogP contribution in [0.2, 0.25) is 0 Å². The number of nitrogens with zero attached hydrogens (tertiary/aromatic N) is 4. The fourth-order valence-electron chi connectivity index (χ4n) is 2.16. The van der Waals surface area contributed by atoms with Crippen molar-refractivity contribution >= 4 is 16.3 Å². The van der Waals surface area contributed by atoms with Gasteiger partial charge in [-0.2, -0.15) is 9.61 Å². The van der Waals surface area contributed by atoms with E-state index < -0.39 is 0 Å². The molecule has 1 fully saturated rings. The van der Waals surface area contributed by atoms with Crippen molar-refractivity contribution < 1.29 is 0 Å². The molecule has 5 nitrogen and oxygen atoms in total. The third-order valence-corrected chi connectivity index (χ3v) is 4.38. The summed E-state index contributed by atoms with van der Waals surface area (Å²) in [5, 5.41) is 17.7. The summed E-state index contributed by atoms with van der Waals surface area (Å²) in [6.07, 6.45) is 4.76. The maximum Gasteiger partial charge on any atom is 0.234 e. The smallest absolute Gasteiger partial charge is 0.234 e. The van der Waals surface area contributed by atoms with Gasteiger partial charge in [-0.3, -0.25) is 0 Å². The number of hydrogen-bond donors (Lipinski definition) is 1. The van der Waals surface area contributed by atoms with Gasteiger partial charge in [0, 0.05) is 24.9 Å². The normalized spacial score (nSPS) is 16.6. The van der Waals surface area contributed by atoms with Crippen molar-refractivity contribution in [3.05, 3.63) is 10.8 Å². The first-order valence-electron chi connectivity index (χ1n) is 6.68. The van der Waals surface area contributed by atoms with Crippen LogP contribution in [0.5, 0.6) is 0 Å². The third-order valence-electron chi connectivity index (χ3n) is 3.42. The Bertz CT molecular complexity index is 526. The highest BCUT2D eigenvalue weighted by atomic mass is 32.1. The summed E-state index contributed by atoms with van der Waals surface area (Å²) >= 11 is 1.66. The van der Waals surface area contributed by atoms with Crippen LogP contribution < -0.4 is 5.32 Å². The molecular weight excluding hydrogens is 246 g/mol. The van der Waals surface area contributed by atoms with E-state index in [0.29, 0.717) is 12.0 Å². The van der Waals surface area contributed by atoms with Crippen LogP contribution in [-0.2, 0) is 6.42 Å². The molecule has 0 radical (unpaired) electrons. The van der Waals surface area contributed by atoms with E-state index in [0.717, 1.165) is 28.8 Å². The molecule has 1 N–H and O–H groups in total. The van der Waals surface area contributed by atoms with Gasteiger partial charge in [0.05, 0.1) is 0 Å². The molecule has 6 heteroatoms. The molecule has 1 aliphatic rings. The molecule has 0 aromatic carbocycles. The Hall–Kier alpha value is -1.01. The van der Waals surface area contributed by atoms with Crippen molar-refractivity contribution in [3.8, 4) is 0 Å². The van der Waals surface area contributed by atoms with Crippen molar-refractivity contribution in [3.63, 3.8) is 0 Å². The molecule has 2 aromatic heterocycles. The van der Waals surface area contributed by atoms with Gasteiger partial charge in [-0.1, -0.05) is 31.6 Å². The second-order valence-electron chi connectivity index (χ2n) is 5.24. The number of nitrogens with one attached hydrogen (secondary N) is 1. The van der Waals surface area contributed by atoms with E-state index in [1.54, 1.807) is 11.3 Å². The molecule has 0 spiro atoms. The lowest BCUT2D eigenvalue weighted by Crippen LogP contribution is -2.25. The zero-order chi connectivity index (χ0) is 12.5. The average molecular weight is 265 g/mol. The molecule has 98 valence electrons. The molecule has 2 heterocycles. The van der Waals surface area contributed by atoms with Crippen LogP contribution in [0, 0.1) is 0 Å². The summed E-state index contributed by atoms with van der Waals surface area (Å²) in [5.41, 5.74) is 0. The van der Waals surface area contributed by atoms with Crippen molar-refractivity contribution in [1.29, 1.82) is 0 Å². The second-order valence-corrected chi connectivity index (χ2v) is 6.28. The number of hydrogen-bond acceptors (Lipinski definition) is 5. The lowest BCUT2D eigenvalue weighted by atomic mass is 9.85. The highest BCUT2D eigenvalue weighted by Gasteiger charge is 2.26. The van der Waals surface area contributed by atoms with Crippen LogP contribution in [0.4, 0.5) is 0 Å². The highest BCUT2D eigenvalue weighted by molar-refractivity contribution is 7.16. The Balaban J connectivity index is 1.72. The summed E-state index contributed by atoms with van der Waals surface area (Å²) in [6.45, 7) is 5.29. The molecule has 0 bridgehead atoms. The van der Waals surface area contributed by atoms with Crippen LogP contribution >= 0.6 is 11.3 Å². The van der Waals surface area contributed by atoms with Crippen molar-refractivity contribution in [1.82, 2.24) is 25.1 Å². The fraction of sp³-hybridized carbons (Fsp3) is 0.750. The minimum Gasteiger partial charge on any atom is -0.314 e. The van der Waals surface area contributed by atoms with E-state index in [9.17, 15) is 0 Å². The first-order valence-corrected chi connectivity index (χ1v) is 7.50. The van der Waals surface area contributed by atoms with Gasteiger partial charge in [0.2, 0.25) is 4.96 Å². The Labute approximate surface area is 111 Å².